The molecule has 0 nitrogen and oxygen atoms in total. The summed E-state index contributed by atoms with van der Waals surface area (Å²) in [4.78, 5) is 0. The van der Waals surface area contributed by atoms with E-state index < -0.39 is 0 Å². The van der Waals surface area contributed by atoms with Crippen LogP contribution in [0.1, 0.15) is 62.3 Å². The van der Waals surface area contributed by atoms with Crippen molar-refractivity contribution < 1.29 is 0 Å². The Hall–Kier alpha value is 0.700. The molecule has 0 heterocycles. The molecule has 0 aliphatic rings. The first-order chi connectivity index (χ1) is 7.27. The maximum Gasteiger partial charge on any atom is -0.000979 e. The fourth-order valence-corrected chi connectivity index (χ4v) is 2.00. The van der Waals surface area contributed by atoms with Gasteiger partial charge in [0.2, 0.25) is 0 Å². The van der Waals surface area contributed by atoms with E-state index in [2.05, 4.69) is 62.3 Å². The van der Waals surface area contributed by atoms with E-state index in [0.717, 1.165) is 16.4 Å². The van der Waals surface area contributed by atoms with Gasteiger partial charge in [0.25, 0.3) is 0 Å². The summed E-state index contributed by atoms with van der Waals surface area (Å²) >= 11 is 3.97. The van der Waals surface area contributed by atoms with Gasteiger partial charge in [-0.3, -0.25) is 0 Å². The van der Waals surface area contributed by atoms with Crippen LogP contribution >= 0.6 is 23.5 Å². The molecule has 0 saturated heterocycles. The molecule has 0 spiro atoms. The lowest BCUT2D eigenvalue weighted by atomic mass is 10.3. The summed E-state index contributed by atoms with van der Waals surface area (Å²) in [6.45, 7) is 19.7. The Labute approximate surface area is 114 Å². The van der Waals surface area contributed by atoms with Crippen molar-refractivity contribution in [2.45, 2.75) is 72.8 Å². The van der Waals surface area contributed by atoms with Crippen molar-refractivity contribution in [2.75, 3.05) is 11.5 Å². The van der Waals surface area contributed by atoms with E-state index in [1.807, 2.05) is 23.5 Å². The molecule has 0 unspecified atom stereocenters. The summed E-state index contributed by atoms with van der Waals surface area (Å²) in [5.74, 6) is 3.33. The zero-order chi connectivity index (χ0) is 13.6. The first kappa shape index (κ1) is 21.9. The second kappa shape index (κ2) is 18.1. The predicted octanol–water partition coefficient (Wildman–Crippen LogP) is 5.96. The van der Waals surface area contributed by atoms with Crippen molar-refractivity contribution in [3.8, 4) is 0 Å². The molecule has 0 aromatic heterocycles. The Morgan fingerprint density at radius 1 is 0.625 bits per heavy atom. The number of thioether (sulfide) groups is 2. The van der Waals surface area contributed by atoms with Crippen LogP contribution in [0.5, 0.6) is 0 Å². The van der Waals surface area contributed by atoms with Crippen LogP contribution in [-0.2, 0) is 0 Å². The lowest BCUT2D eigenvalue weighted by molar-refractivity contribution is 0.737. The van der Waals surface area contributed by atoms with Gasteiger partial charge in [-0.2, -0.15) is 23.5 Å². The van der Waals surface area contributed by atoms with E-state index in [9.17, 15) is 0 Å². The standard InChI is InChI=1S/2C5H12S.C4H10/c2*1-4-6-5(2)3;1-4(2)3/h2*5H,4H2,1-3H3;4H,1-3H3. The lowest BCUT2D eigenvalue weighted by Gasteiger charge is -1.96. The maximum atomic E-state index is 2.22. The van der Waals surface area contributed by atoms with Crippen molar-refractivity contribution in [1.82, 2.24) is 0 Å². The third-order valence-corrected chi connectivity index (χ3v) is 3.00. The van der Waals surface area contributed by atoms with Gasteiger partial charge >= 0.3 is 0 Å². The van der Waals surface area contributed by atoms with E-state index in [1.54, 1.807) is 0 Å². The molecule has 0 saturated carbocycles. The monoisotopic (exact) mass is 266 g/mol. The highest BCUT2D eigenvalue weighted by atomic mass is 32.2. The maximum absolute atomic E-state index is 2.22. The topological polar surface area (TPSA) is 0 Å². The Kier molecular flexibility index (Phi) is 24.8. The fourth-order valence-electron chi connectivity index (χ4n) is 0.667. The van der Waals surface area contributed by atoms with Gasteiger partial charge in [-0.05, 0) is 27.9 Å². The molecule has 0 aliphatic carbocycles. The van der Waals surface area contributed by atoms with Crippen LogP contribution in [0, 0.1) is 5.92 Å². The molecule has 0 fully saturated rings. The molecule has 0 amide bonds. The van der Waals surface area contributed by atoms with Gasteiger partial charge in [0, 0.05) is 0 Å². The minimum atomic E-state index is 0.815. The van der Waals surface area contributed by atoms with Crippen molar-refractivity contribution in [1.29, 1.82) is 0 Å². The second-order valence-corrected chi connectivity index (χ2v) is 8.45. The Morgan fingerprint density at radius 3 is 0.812 bits per heavy atom. The molecule has 0 rings (SSSR count). The average Bonchev–Trinajstić information content (AvgIpc) is 2.02. The summed E-state index contributed by atoms with van der Waals surface area (Å²) in [5, 5.41) is 1.63. The van der Waals surface area contributed by atoms with Gasteiger partial charge in [-0.15, -0.1) is 0 Å². The second-order valence-electron chi connectivity index (χ2n) is 4.74. The number of rotatable bonds is 4. The predicted molar refractivity (Wildman–Crippen MR) is 87.0 cm³/mol. The quantitative estimate of drug-likeness (QED) is 0.616. The molecule has 0 aromatic rings. The Bertz CT molecular complexity index is 86.2. The highest BCUT2D eigenvalue weighted by Crippen LogP contribution is 2.06. The van der Waals surface area contributed by atoms with Crippen molar-refractivity contribution in [2.24, 2.45) is 5.92 Å². The summed E-state index contributed by atoms with van der Waals surface area (Å²) in [7, 11) is 0. The van der Waals surface area contributed by atoms with Gasteiger partial charge < -0.3 is 0 Å². The van der Waals surface area contributed by atoms with Gasteiger partial charge in [0.1, 0.15) is 0 Å². The minimum Gasteiger partial charge on any atom is -0.159 e. The zero-order valence-electron chi connectivity index (χ0n) is 13.0. The summed E-state index contributed by atoms with van der Waals surface area (Å²) in [5.41, 5.74) is 0. The third-order valence-electron chi connectivity index (χ3n) is 1.00. The average molecular weight is 267 g/mol. The summed E-state index contributed by atoms with van der Waals surface area (Å²) < 4.78 is 0. The van der Waals surface area contributed by atoms with Gasteiger partial charge in [0.15, 0.2) is 0 Å². The van der Waals surface area contributed by atoms with E-state index >= 15 is 0 Å². The molecule has 0 aromatic carbocycles. The van der Waals surface area contributed by atoms with Gasteiger partial charge in [0.05, 0.1) is 0 Å². The van der Waals surface area contributed by atoms with Crippen LogP contribution in [0.15, 0.2) is 0 Å². The van der Waals surface area contributed by atoms with E-state index in [0.29, 0.717) is 0 Å². The smallest absolute Gasteiger partial charge is 0.000979 e. The summed E-state index contributed by atoms with van der Waals surface area (Å²) in [6, 6.07) is 0. The largest absolute Gasteiger partial charge is 0.159 e. The van der Waals surface area contributed by atoms with E-state index in [4.69, 9.17) is 0 Å². The van der Waals surface area contributed by atoms with E-state index in [1.165, 1.54) is 11.5 Å². The molecule has 0 radical (unpaired) electrons. The summed E-state index contributed by atoms with van der Waals surface area (Å²) in [6.07, 6.45) is 0. The SMILES string of the molecule is CC(C)C.CCSC(C)C.CCSC(C)C. The molecule has 0 aliphatic heterocycles. The van der Waals surface area contributed by atoms with Gasteiger partial charge in [-0.1, -0.05) is 62.3 Å². The normalized spacial score (nSPS) is 9.75. The molecule has 0 atom stereocenters. The molecular formula is C14H34S2. The molecule has 16 heavy (non-hydrogen) atoms. The van der Waals surface area contributed by atoms with Crippen LogP contribution < -0.4 is 0 Å². The molecule has 0 N–H and O–H groups in total. The lowest BCUT2D eigenvalue weighted by Crippen LogP contribution is -1.84. The third kappa shape index (κ3) is 61.5. The van der Waals surface area contributed by atoms with Crippen molar-refractivity contribution in [3.05, 3.63) is 0 Å². The Morgan fingerprint density at radius 2 is 0.812 bits per heavy atom. The van der Waals surface area contributed by atoms with Crippen LogP contribution in [0.4, 0.5) is 0 Å². The number of hydrogen-bond donors (Lipinski definition) is 0. The minimum absolute atomic E-state index is 0.815. The van der Waals surface area contributed by atoms with E-state index in [-0.39, 0.29) is 0 Å². The molecular weight excluding hydrogens is 232 g/mol. The van der Waals surface area contributed by atoms with Crippen LogP contribution in [-0.4, -0.2) is 22.0 Å². The fraction of sp³-hybridized carbons (Fsp3) is 1.00. The Balaban J connectivity index is -0.000000162. The first-order valence-corrected chi connectivity index (χ1v) is 8.60. The van der Waals surface area contributed by atoms with Crippen LogP contribution in [0.2, 0.25) is 0 Å². The van der Waals surface area contributed by atoms with Crippen molar-refractivity contribution in [3.63, 3.8) is 0 Å². The first-order valence-electron chi connectivity index (χ1n) is 6.50. The molecule has 102 valence electrons. The number of hydrogen-bond acceptors (Lipinski definition) is 2. The van der Waals surface area contributed by atoms with Crippen LogP contribution in [0.3, 0.4) is 0 Å². The molecule has 2 heteroatoms. The highest BCUT2D eigenvalue weighted by Gasteiger charge is 1.86. The zero-order valence-corrected chi connectivity index (χ0v) is 14.6. The van der Waals surface area contributed by atoms with Crippen LogP contribution in [0.25, 0.3) is 0 Å². The highest BCUT2D eigenvalue weighted by molar-refractivity contribution is 8.00. The van der Waals surface area contributed by atoms with Gasteiger partial charge in [-0.25, -0.2) is 0 Å². The molecule has 0 bridgehead atoms. The van der Waals surface area contributed by atoms with Crippen molar-refractivity contribution >= 4 is 23.5 Å².